The summed E-state index contributed by atoms with van der Waals surface area (Å²) in [5.41, 5.74) is 0.376. The zero-order valence-corrected chi connectivity index (χ0v) is 16.9. The Hall–Kier alpha value is -1.17. The van der Waals surface area contributed by atoms with Crippen LogP contribution in [0.1, 0.15) is 72.1 Å². The van der Waals surface area contributed by atoms with Gasteiger partial charge in [-0.05, 0) is 58.8 Å². The molecule has 0 bridgehead atoms. The van der Waals surface area contributed by atoms with E-state index in [9.17, 15) is 15.0 Å². The van der Waals surface area contributed by atoms with Crippen LogP contribution in [0, 0.1) is 11.8 Å². The zero-order chi connectivity index (χ0) is 20.0. The molecule has 0 aromatic carbocycles. The fraction of sp³-hybridized carbons (Fsp3) is 0.773. The molecule has 2 aliphatic rings. The average Bonchev–Trinajstić information content (AvgIpc) is 3.05. The maximum absolute atomic E-state index is 10.6. The fourth-order valence-corrected chi connectivity index (χ4v) is 4.33. The molecule has 1 saturated carbocycles. The van der Waals surface area contributed by atoms with Gasteiger partial charge < -0.3 is 20.1 Å². The number of allylic oxidation sites excluding steroid dienone is 2. The smallest absolute Gasteiger partial charge is 0.303 e. The van der Waals surface area contributed by atoms with Gasteiger partial charge in [-0.25, -0.2) is 0 Å². The van der Waals surface area contributed by atoms with E-state index in [-0.39, 0.29) is 30.5 Å². The van der Waals surface area contributed by atoms with E-state index >= 15 is 0 Å². The Kier molecular flexibility index (Phi) is 8.07. The van der Waals surface area contributed by atoms with Crippen molar-refractivity contribution < 1.29 is 24.9 Å². The topological polar surface area (TPSA) is 87.0 Å². The molecule has 1 heterocycles. The van der Waals surface area contributed by atoms with Crippen molar-refractivity contribution in [1.29, 1.82) is 0 Å². The van der Waals surface area contributed by atoms with Crippen molar-refractivity contribution in [3.05, 3.63) is 23.8 Å². The number of carboxylic acid groups (broad SMARTS) is 1. The van der Waals surface area contributed by atoms with Crippen LogP contribution < -0.4 is 0 Å². The molecule has 2 rings (SSSR count). The van der Waals surface area contributed by atoms with Crippen LogP contribution in [0.3, 0.4) is 0 Å². The lowest BCUT2D eigenvalue weighted by Crippen LogP contribution is -2.23. The molecule has 5 heteroatoms. The first-order chi connectivity index (χ1) is 12.7. The molecule has 2 fully saturated rings. The summed E-state index contributed by atoms with van der Waals surface area (Å²) in [6, 6.07) is 0. The van der Waals surface area contributed by atoms with Crippen molar-refractivity contribution in [1.82, 2.24) is 0 Å². The van der Waals surface area contributed by atoms with Gasteiger partial charge in [-0.3, -0.25) is 4.79 Å². The van der Waals surface area contributed by atoms with Crippen molar-refractivity contribution in [3.8, 4) is 0 Å². The third kappa shape index (κ3) is 7.05. The first kappa shape index (κ1) is 22.1. The number of carbonyl (C=O) groups is 1. The molecule has 154 valence electrons. The molecule has 5 nitrogen and oxygen atoms in total. The Bertz CT molecular complexity index is 547. The van der Waals surface area contributed by atoms with E-state index in [2.05, 4.69) is 19.9 Å². The Morgan fingerprint density at radius 2 is 2.00 bits per heavy atom. The van der Waals surface area contributed by atoms with Gasteiger partial charge in [0.1, 0.15) is 0 Å². The van der Waals surface area contributed by atoms with Gasteiger partial charge in [-0.15, -0.1) is 0 Å². The number of rotatable bonds is 10. The Labute approximate surface area is 163 Å². The number of hydrogen-bond acceptors (Lipinski definition) is 4. The maximum Gasteiger partial charge on any atom is 0.303 e. The predicted octanol–water partition coefficient (Wildman–Crippen LogP) is 3.84. The molecule has 3 N–H and O–H groups in total. The molecule has 0 aromatic rings. The van der Waals surface area contributed by atoms with Crippen molar-refractivity contribution in [2.45, 2.75) is 96.1 Å². The quantitative estimate of drug-likeness (QED) is 0.396. The lowest BCUT2D eigenvalue weighted by atomic mass is 9.87. The van der Waals surface area contributed by atoms with Gasteiger partial charge >= 0.3 is 5.97 Å². The summed E-state index contributed by atoms with van der Waals surface area (Å²) in [4.78, 5) is 10.6. The molecule has 6 atom stereocenters. The molecule has 0 radical (unpaired) electrons. The second kappa shape index (κ2) is 9.85. The molecular weight excluding hydrogens is 344 g/mol. The number of ether oxygens (including phenoxy) is 1. The molecule has 27 heavy (non-hydrogen) atoms. The van der Waals surface area contributed by atoms with Crippen LogP contribution in [-0.4, -0.2) is 45.2 Å². The minimum atomic E-state index is -0.876. The van der Waals surface area contributed by atoms with Gasteiger partial charge in [0, 0.05) is 18.8 Å². The zero-order valence-electron chi connectivity index (χ0n) is 16.9. The number of hydrogen-bond donors (Lipinski definition) is 3. The number of carboxylic acids is 1. The Morgan fingerprint density at radius 1 is 1.26 bits per heavy atom. The van der Waals surface area contributed by atoms with Gasteiger partial charge in [0.2, 0.25) is 0 Å². The average molecular weight is 381 g/mol. The minimum Gasteiger partial charge on any atom is -0.481 e. The number of aliphatic hydroxyl groups excluding tert-OH is 1. The normalized spacial score (nSPS) is 32.4. The minimum absolute atomic E-state index is 0.0222. The van der Waals surface area contributed by atoms with Crippen LogP contribution >= 0.6 is 0 Å². The maximum atomic E-state index is 10.6. The summed E-state index contributed by atoms with van der Waals surface area (Å²) < 4.78 is 6.10. The monoisotopic (exact) mass is 380 g/mol. The number of aliphatic hydroxyl groups is 2. The van der Waals surface area contributed by atoms with E-state index in [4.69, 9.17) is 9.84 Å². The largest absolute Gasteiger partial charge is 0.481 e. The second-order valence-corrected chi connectivity index (χ2v) is 8.75. The summed E-state index contributed by atoms with van der Waals surface area (Å²) in [5.74, 6) is -0.438. The molecule has 1 aliphatic carbocycles. The van der Waals surface area contributed by atoms with Crippen LogP contribution in [-0.2, 0) is 9.53 Å². The van der Waals surface area contributed by atoms with Gasteiger partial charge in [0.15, 0.2) is 0 Å². The lowest BCUT2D eigenvalue weighted by molar-refractivity contribution is -0.137. The third-order valence-corrected chi connectivity index (χ3v) is 5.84. The van der Waals surface area contributed by atoms with Gasteiger partial charge in [0.25, 0.3) is 0 Å². The van der Waals surface area contributed by atoms with Gasteiger partial charge in [-0.1, -0.05) is 30.2 Å². The highest BCUT2D eigenvalue weighted by atomic mass is 16.5. The summed E-state index contributed by atoms with van der Waals surface area (Å²) in [7, 11) is 0. The number of fused-ring (bicyclic) bond motifs is 1. The first-order valence-electron chi connectivity index (χ1n) is 10.3. The molecule has 1 saturated heterocycles. The Balaban J connectivity index is 1.84. The third-order valence-electron chi connectivity index (χ3n) is 5.84. The number of aliphatic carboxylic acids is 1. The van der Waals surface area contributed by atoms with Crippen molar-refractivity contribution in [2.24, 2.45) is 11.8 Å². The first-order valence-corrected chi connectivity index (χ1v) is 10.3. The van der Waals surface area contributed by atoms with Crippen molar-refractivity contribution >= 4 is 5.97 Å². The van der Waals surface area contributed by atoms with Crippen molar-refractivity contribution in [2.75, 3.05) is 0 Å². The van der Waals surface area contributed by atoms with Gasteiger partial charge in [0.05, 0.1) is 23.9 Å². The van der Waals surface area contributed by atoms with E-state index < -0.39 is 17.7 Å². The molecule has 0 aromatic heterocycles. The number of unbranched alkanes of at least 4 members (excludes halogenated alkanes) is 1. The summed E-state index contributed by atoms with van der Waals surface area (Å²) in [6.45, 7) is 5.92. The standard InChI is InChI=1S/C22H36O5/c1-15(2)7-6-11-22(3,26)12-10-17-18-13-16(8-4-5-9-21(24)25)27-20(18)14-19(17)23/h7,10,12,16-20,23,26H,4-6,8-9,11,13-14H2,1-3H3,(H,24,25)/t16-,17-,18-,19-,20+,22?/m1/s1. The molecule has 1 unspecified atom stereocenters. The van der Waals surface area contributed by atoms with Crippen LogP contribution in [0.25, 0.3) is 0 Å². The fourth-order valence-electron chi connectivity index (χ4n) is 4.33. The Morgan fingerprint density at radius 3 is 2.67 bits per heavy atom. The van der Waals surface area contributed by atoms with E-state index in [0.717, 1.165) is 25.7 Å². The van der Waals surface area contributed by atoms with Gasteiger partial charge in [-0.2, -0.15) is 0 Å². The second-order valence-electron chi connectivity index (χ2n) is 8.75. The van der Waals surface area contributed by atoms with E-state index in [1.165, 1.54) is 5.57 Å². The van der Waals surface area contributed by atoms with Crippen LogP contribution in [0.15, 0.2) is 23.8 Å². The highest BCUT2D eigenvalue weighted by molar-refractivity contribution is 5.66. The SMILES string of the molecule is CC(C)=CCCC(C)(O)C=C[C@@H]1[C@H]2C[C@@H](CCCCC(=O)O)O[C@H]2C[C@H]1O. The summed E-state index contributed by atoms with van der Waals surface area (Å²) in [5, 5.41) is 29.7. The van der Waals surface area contributed by atoms with Crippen LogP contribution in [0.2, 0.25) is 0 Å². The van der Waals surface area contributed by atoms with Crippen molar-refractivity contribution in [3.63, 3.8) is 0 Å². The van der Waals surface area contributed by atoms with Crippen LogP contribution in [0.5, 0.6) is 0 Å². The molecule has 0 spiro atoms. The molecular formula is C22H36O5. The predicted molar refractivity (Wildman–Crippen MR) is 105 cm³/mol. The van der Waals surface area contributed by atoms with E-state index in [1.54, 1.807) is 0 Å². The summed E-state index contributed by atoms with van der Waals surface area (Å²) in [6.07, 6.45) is 11.5. The molecule has 1 aliphatic heterocycles. The lowest BCUT2D eigenvalue weighted by Gasteiger charge is -2.22. The van der Waals surface area contributed by atoms with Crippen LogP contribution in [0.4, 0.5) is 0 Å². The summed E-state index contributed by atoms with van der Waals surface area (Å²) >= 11 is 0. The van der Waals surface area contributed by atoms with E-state index in [0.29, 0.717) is 19.3 Å². The highest BCUT2D eigenvalue weighted by Gasteiger charge is 2.47. The molecule has 0 amide bonds. The highest BCUT2D eigenvalue weighted by Crippen LogP contribution is 2.45. The van der Waals surface area contributed by atoms with E-state index in [1.807, 2.05) is 19.1 Å².